The van der Waals surface area contributed by atoms with Crippen LogP contribution in [0.15, 0.2) is 24.3 Å². The summed E-state index contributed by atoms with van der Waals surface area (Å²) >= 11 is 0. The fourth-order valence-electron chi connectivity index (χ4n) is 2.01. The Bertz CT molecular complexity index is 416. The van der Waals surface area contributed by atoms with Crippen molar-refractivity contribution in [3.63, 3.8) is 0 Å². The largest absolute Gasteiger partial charge is 0.494 e. The first-order valence-electron chi connectivity index (χ1n) is 6.48. The van der Waals surface area contributed by atoms with Crippen LogP contribution in [0.5, 0.6) is 5.75 Å². The second-order valence-electron chi connectivity index (χ2n) is 4.61. The van der Waals surface area contributed by atoms with Crippen molar-refractivity contribution in [1.82, 2.24) is 5.32 Å². The van der Waals surface area contributed by atoms with E-state index in [1.54, 1.807) is 12.1 Å². The maximum atomic E-state index is 12.1. The Morgan fingerprint density at radius 3 is 2.94 bits per heavy atom. The average molecular weight is 248 g/mol. The van der Waals surface area contributed by atoms with E-state index in [1.807, 2.05) is 19.1 Å². The first kappa shape index (κ1) is 12.9. The molecule has 1 aromatic rings. The summed E-state index contributed by atoms with van der Waals surface area (Å²) in [5.41, 5.74) is 6.30. The minimum atomic E-state index is -0.0705. The molecule has 1 fully saturated rings. The molecule has 0 aliphatic heterocycles. The van der Waals surface area contributed by atoms with E-state index >= 15 is 0 Å². The Kier molecular flexibility index (Phi) is 4.20. The molecule has 1 aliphatic carbocycles. The molecule has 0 aromatic heterocycles. The van der Waals surface area contributed by atoms with Crippen molar-refractivity contribution in [2.24, 2.45) is 11.7 Å². The number of hydrogen-bond donors (Lipinski definition) is 2. The molecule has 3 N–H and O–H groups in total. The molecular formula is C14H20N2O2. The third kappa shape index (κ3) is 3.23. The van der Waals surface area contributed by atoms with Gasteiger partial charge in [0, 0.05) is 18.2 Å². The maximum Gasteiger partial charge on any atom is 0.251 e. The Balaban J connectivity index is 2.00. The number of amides is 1. The molecule has 0 heterocycles. The van der Waals surface area contributed by atoms with Crippen LogP contribution in [0.4, 0.5) is 0 Å². The number of rotatable bonds is 6. The summed E-state index contributed by atoms with van der Waals surface area (Å²) in [5.74, 6) is 1.22. The zero-order chi connectivity index (χ0) is 13.0. The molecule has 0 radical (unpaired) electrons. The van der Waals surface area contributed by atoms with Gasteiger partial charge < -0.3 is 15.8 Å². The van der Waals surface area contributed by atoms with Crippen molar-refractivity contribution in [3.8, 4) is 5.75 Å². The summed E-state index contributed by atoms with van der Waals surface area (Å²) in [6, 6.07) is 7.33. The SMILES string of the molecule is CCOc1cccc(C(=O)NC(CN)C2CC2)c1. The highest BCUT2D eigenvalue weighted by Crippen LogP contribution is 2.32. The van der Waals surface area contributed by atoms with E-state index in [9.17, 15) is 4.79 Å². The van der Waals surface area contributed by atoms with Gasteiger partial charge in [-0.25, -0.2) is 0 Å². The van der Waals surface area contributed by atoms with Gasteiger partial charge in [-0.1, -0.05) is 6.07 Å². The van der Waals surface area contributed by atoms with Gasteiger partial charge in [0.1, 0.15) is 5.75 Å². The summed E-state index contributed by atoms with van der Waals surface area (Å²) < 4.78 is 5.38. The summed E-state index contributed by atoms with van der Waals surface area (Å²) in [7, 11) is 0. The van der Waals surface area contributed by atoms with Crippen LogP contribution in [0, 0.1) is 5.92 Å². The molecule has 1 amide bonds. The molecule has 1 unspecified atom stereocenters. The van der Waals surface area contributed by atoms with Crippen molar-refractivity contribution in [1.29, 1.82) is 0 Å². The average Bonchev–Trinajstić information content (AvgIpc) is 3.21. The third-order valence-electron chi connectivity index (χ3n) is 3.17. The Labute approximate surface area is 108 Å². The van der Waals surface area contributed by atoms with Crippen LogP contribution in [0.3, 0.4) is 0 Å². The van der Waals surface area contributed by atoms with Gasteiger partial charge in [-0.15, -0.1) is 0 Å². The lowest BCUT2D eigenvalue weighted by Crippen LogP contribution is -2.41. The second-order valence-corrected chi connectivity index (χ2v) is 4.61. The molecule has 2 rings (SSSR count). The number of nitrogens with one attached hydrogen (secondary N) is 1. The van der Waals surface area contributed by atoms with Crippen LogP contribution in [0.1, 0.15) is 30.1 Å². The highest BCUT2D eigenvalue weighted by molar-refractivity contribution is 5.94. The zero-order valence-electron chi connectivity index (χ0n) is 10.7. The molecule has 4 nitrogen and oxygen atoms in total. The highest BCUT2D eigenvalue weighted by atomic mass is 16.5. The van der Waals surface area contributed by atoms with Crippen LogP contribution in [0.2, 0.25) is 0 Å². The van der Waals surface area contributed by atoms with Crippen molar-refractivity contribution in [2.45, 2.75) is 25.8 Å². The summed E-state index contributed by atoms with van der Waals surface area (Å²) in [6.45, 7) is 3.02. The molecule has 4 heteroatoms. The van der Waals surface area contributed by atoms with Gasteiger partial charge in [-0.2, -0.15) is 0 Å². The third-order valence-corrected chi connectivity index (χ3v) is 3.17. The minimum Gasteiger partial charge on any atom is -0.494 e. The van der Waals surface area contributed by atoms with Crippen molar-refractivity contribution < 1.29 is 9.53 Å². The first-order chi connectivity index (χ1) is 8.74. The number of ether oxygens (including phenoxy) is 1. The monoisotopic (exact) mass is 248 g/mol. The molecule has 0 spiro atoms. The fraction of sp³-hybridized carbons (Fsp3) is 0.500. The van der Waals surface area contributed by atoms with Crippen LogP contribution in [0.25, 0.3) is 0 Å². The lowest BCUT2D eigenvalue weighted by atomic mass is 10.1. The standard InChI is InChI=1S/C14H20N2O2/c1-2-18-12-5-3-4-11(8-12)14(17)16-13(9-15)10-6-7-10/h3-5,8,10,13H,2,6-7,9,15H2,1H3,(H,16,17). The lowest BCUT2D eigenvalue weighted by Gasteiger charge is -2.16. The normalized spacial score (nSPS) is 16.1. The van der Waals surface area contributed by atoms with Gasteiger partial charge >= 0.3 is 0 Å². The molecule has 1 saturated carbocycles. The second kappa shape index (κ2) is 5.87. The summed E-state index contributed by atoms with van der Waals surface area (Å²) in [5, 5.41) is 2.99. The van der Waals surface area contributed by atoms with Gasteiger partial charge in [-0.3, -0.25) is 4.79 Å². The fourth-order valence-corrected chi connectivity index (χ4v) is 2.01. The van der Waals surface area contributed by atoms with Crippen LogP contribution < -0.4 is 15.8 Å². The molecule has 0 bridgehead atoms. The van der Waals surface area contributed by atoms with E-state index in [1.165, 1.54) is 12.8 Å². The van der Waals surface area contributed by atoms with Gasteiger partial charge in [0.25, 0.3) is 5.91 Å². The van der Waals surface area contributed by atoms with E-state index in [-0.39, 0.29) is 11.9 Å². The van der Waals surface area contributed by atoms with Crippen LogP contribution in [-0.4, -0.2) is 25.1 Å². The van der Waals surface area contributed by atoms with E-state index in [2.05, 4.69) is 5.32 Å². The van der Waals surface area contributed by atoms with Crippen LogP contribution in [-0.2, 0) is 0 Å². The maximum absolute atomic E-state index is 12.1. The molecular weight excluding hydrogens is 228 g/mol. The summed E-state index contributed by atoms with van der Waals surface area (Å²) in [6.07, 6.45) is 2.34. The molecule has 1 aromatic carbocycles. The number of hydrogen-bond acceptors (Lipinski definition) is 3. The van der Waals surface area contributed by atoms with Crippen molar-refractivity contribution >= 4 is 5.91 Å². The van der Waals surface area contributed by atoms with Crippen molar-refractivity contribution in [3.05, 3.63) is 29.8 Å². The van der Waals surface area contributed by atoms with Gasteiger partial charge in [0.15, 0.2) is 0 Å². The number of benzene rings is 1. The number of carbonyl (C=O) groups excluding carboxylic acids is 1. The molecule has 1 atom stereocenters. The molecule has 98 valence electrons. The lowest BCUT2D eigenvalue weighted by molar-refractivity contribution is 0.0933. The van der Waals surface area contributed by atoms with E-state index in [0.717, 1.165) is 5.75 Å². The smallest absolute Gasteiger partial charge is 0.251 e. The van der Waals surface area contributed by atoms with E-state index in [0.29, 0.717) is 24.6 Å². The quantitative estimate of drug-likeness (QED) is 0.803. The van der Waals surface area contributed by atoms with Crippen LogP contribution >= 0.6 is 0 Å². The zero-order valence-corrected chi connectivity index (χ0v) is 10.7. The Hall–Kier alpha value is -1.55. The number of nitrogens with two attached hydrogens (primary N) is 1. The molecule has 18 heavy (non-hydrogen) atoms. The van der Waals surface area contributed by atoms with Gasteiger partial charge in [-0.05, 0) is 43.9 Å². The Morgan fingerprint density at radius 1 is 1.56 bits per heavy atom. The Morgan fingerprint density at radius 2 is 2.33 bits per heavy atom. The highest BCUT2D eigenvalue weighted by Gasteiger charge is 2.31. The van der Waals surface area contributed by atoms with Gasteiger partial charge in [0.05, 0.1) is 6.61 Å². The van der Waals surface area contributed by atoms with Gasteiger partial charge in [0.2, 0.25) is 0 Å². The predicted octanol–water partition coefficient (Wildman–Crippen LogP) is 1.55. The minimum absolute atomic E-state index is 0.0705. The molecule has 1 aliphatic rings. The van der Waals surface area contributed by atoms with E-state index < -0.39 is 0 Å². The van der Waals surface area contributed by atoms with Crippen molar-refractivity contribution in [2.75, 3.05) is 13.2 Å². The van der Waals surface area contributed by atoms with E-state index in [4.69, 9.17) is 10.5 Å². The predicted molar refractivity (Wildman–Crippen MR) is 70.6 cm³/mol. The summed E-state index contributed by atoms with van der Waals surface area (Å²) in [4.78, 5) is 12.1. The molecule has 0 saturated heterocycles. The number of carbonyl (C=O) groups is 1. The first-order valence-corrected chi connectivity index (χ1v) is 6.48. The topological polar surface area (TPSA) is 64.3 Å².